The van der Waals surface area contributed by atoms with Crippen LogP contribution >= 0.6 is 0 Å². The van der Waals surface area contributed by atoms with E-state index in [9.17, 15) is 10.1 Å². The van der Waals surface area contributed by atoms with Gasteiger partial charge >= 0.3 is 5.97 Å². The van der Waals surface area contributed by atoms with Crippen LogP contribution in [0, 0.1) is 11.3 Å². The predicted molar refractivity (Wildman–Crippen MR) is 124 cm³/mol. The Hall–Kier alpha value is -3.52. The second kappa shape index (κ2) is 9.53. The van der Waals surface area contributed by atoms with E-state index in [1.54, 1.807) is 0 Å². The van der Waals surface area contributed by atoms with E-state index < -0.39 is 12.0 Å². The number of hydrogen-bond donors (Lipinski definition) is 2. The molecule has 5 nitrogen and oxygen atoms in total. The van der Waals surface area contributed by atoms with Gasteiger partial charge in [0.15, 0.2) is 0 Å². The Bertz CT molecular complexity index is 1150. The first-order chi connectivity index (χ1) is 15.2. The number of aromatic nitrogens is 1. The largest absolute Gasteiger partial charge is 0.465 e. The van der Waals surface area contributed by atoms with Crippen molar-refractivity contribution in [3.8, 4) is 6.07 Å². The van der Waals surface area contributed by atoms with E-state index >= 15 is 0 Å². The van der Waals surface area contributed by atoms with Gasteiger partial charge in [0.1, 0.15) is 6.04 Å². The van der Waals surface area contributed by atoms with Crippen molar-refractivity contribution in [1.29, 1.82) is 5.26 Å². The number of methoxy groups -OCH3 is 1. The summed E-state index contributed by atoms with van der Waals surface area (Å²) in [6.07, 6.45) is 10.1. The number of hydrogen-bond acceptors (Lipinski definition) is 4. The number of rotatable bonds is 7. The van der Waals surface area contributed by atoms with Gasteiger partial charge in [-0.05, 0) is 73.4 Å². The Morgan fingerprint density at radius 3 is 2.90 bits per heavy atom. The molecule has 0 radical (unpaired) electrons. The van der Waals surface area contributed by atoms with Gasteiger partial charge in [0.2, 0.25) is 0 Å². The lowest BCUT2D eigenvalue weighted by molar-refractivity contribution is 0.0601. The maximum Gasteiger partial charge on any atom is 0.339 e. The predicted octanol–water partition coefficient (Wildman–Crippen LogP) is 5.85. The molecule has 2 aromatic carbocycles. The van der Waals surface area contributed by atoms with Crippen LogP contribution in [-0.2, 0) is 11.2 Å². The molecule has 0 saturated heterocycles. The summed E-state index contributed by atoms with van der Waals surface area (Å²) in [5.74, 6) is -0.394. The minimum Gasteiger partial charge on any atom is -0.465 e. The molecule has 1 aliphatic carbocycles. The Kier molecular flexibility index (Phi) is 6.37. The van der Waals surface area contributed by atoms with Gasteiger partial charge in [0.25, 0.3) is 0 Å². The van der Waals surface area contributed by atoms with Crippen molar-refractivity contribution in [2.45, 2.75) is 44.6 Å². The molecule has 0 bridgehead atoms. The molecule has 31 heavy (non-hydrogen) atoms. The zero-order chi connectivity index (χ0) is 21.6. The third-order valence-corrected chi connectivity index (χ3v) is 5.95. The van der Waals surface area contributed by atoms with Crippen LogP contribution in [0.25, 0.3) is 16.5 Å². The van der Waals surface area contributed by atoms with E-state index in [0.717, 1.165) is 30.3 Å². The number of H-pyrrole nitrogens is 1. The molecule has 1 heterocycles. The molecule has 0 fully saturated rings. The first-order valence-electron chi connectivity index (χ1n) is 10.8. The van der Waals surface area contributed by atoms with Gasteiger partial charge in [-0.25, -0.2) is 4.79 Å². The van der Waals surface area contributed by atoms with E-state index in [-0.39, 0.29) is 0 Å². The molecule has 1 unspecified atom stereocenters. The molecule has 0 aliphatic heterocycles. The molecular weight excluding hydrogens is 386 g/mol. The highest BCUT2D eigenvalue weighted by molar-refractivity contribution is 5.97. The summed E-state index contributed by atoms with van der Waals surface area (Å²) in [7, 11) is 1.39. The molecule has 0 spiro atoms. The summed E-state index contributed by atoms with van der Waals surface area (Å²) in [4.78, 5) is 15.7. The van der Waals surface area contributed by atoms with Crippen molar-refractivity contribution in [3.05, 3.63) is 71.4 Å². The maximum atomic E-state index is 12.5. The van der Waals surface area contributed by atoms with Crippen molar-refractivity contribution in [2.75, 3.05) is 12.4 Å². The van der Waals surface area contributed by atoms with Gasteiger partial charge in [-0.15, -0.1) is 0 Å². The number of para-hydroxylation sites is 1. The lowest BCUT2D eigenvalue weighted by Gasteiger charge is -2.18. The average Bonchev–Trinajstić information content (AvgIpc) is 3.25. The lowest BCUT2D eigenvalue weighted by atomic mass is 9.92. The second-order valence-electron chi connectivity index (χ2n) is 7.95. The van der Waals surface area contributed by atoms with Gasteiger partial charge < -0.3 is 15.0 Å². The van der Waals surface area contributed by atoms with Crippen LogP contribution in [0.3, 0.4) is 0 Å². The van der Waals surface area contributed by atoms with E-state index in [1.807, 2.05) is 42.6 Å². The highest BCUT2D eigenvalue weighted by atomic mass is 16.5. The van der Waals surface area contributed by atoms with E-state index in [0.29, 0.717) is 17.7 Å². The number of benzene rings is 2. The van der Waals surface area contributed by atoms with Gasteiger partial charge in [0, 0.05) is 22.8 Å². The first-order valence-corrected chi connectivity index (χ1v) is 10.8. The Morgan fingerprint density at radius 1 is 1.26 bits per heavy atom. The summed E-state index contributed by atoms with van der Waals surface area (Å²) < 4.78 is 5.02. The smallest absolute Gasteiger partial charge is 0.339 e. The fraction of sp³-hybridized carbons (Fsp3) is 0.308. The maximum absolute atomic E-state index is 12.5. The molecule has 3 aromatic rings. The standard InChI is InChI=1S/C26H27N3O2/c1-31-26(30)23-15-19(18-7-3-2-4-8-18)12-14-25(23)29-21(16-27)13-11-20-17-28-24-10-6-5-9-22(20)24/h5-7,9-10,12,14-15,17,21,28-29H,2-4,8,11,13H2,1H3. The molecule has 0 amide bonds. The van der Waals surface area contributed by atoms with Crippen LogP contribution in [0.5, 0.6) is 0 Å². The number of esters is 1. The molecular formula is C26H27N3O2. The number of fused-ring (bicyclic) bond motifs is 1. The van der Waals surface area contributed by atoms with Crippen molar-refractivity contribution < 1.29 is 9.53 Å². The van der Waals surface area contributed by atoms with Gasteiger partial charge in [0.05, 0.1) is 18.7 Å². The number of allylic oxidation sites excluding steroid dienone is 2. The number of ether oxygens (including phenoxy) is 1. The third kappa shape index (κ3) is 4.64. The summed E-state index contributed by atoms with van der Waals surface area (Å²) in [5, 5.41) is 14.2. The molecule has 0 saturated carbocycles. The molecule has 4 rings (SSSR count). The van der Waals surface area contributed by atoms with Crippen LogP contribution in [-0.4, -0.2) is 24.1 Å². The molecule has 5 heteroatoms. The van der Waals surface area contributed by atoms with Crippen LogP contribution < -0.4 is 5.32 Å². The van der Waals surface area contributed by atoms with E-state index in [2.05, 4.69) is 28.5 Å². The van der Waals surface area contributed by atoms with Crippen molar-refractivity contribution in [1.82, 2.24) is 4.98 Å². The highest BCUT2D eigenvalue weighted by Crippen LogP contribution is 2.30. The fourth-order valence-electron chi connectivity index (χ4n) is 4.24. The number of nitrogens with one attached hydrogen (secondary N) is 2. The minimum absolute atomic E-state index is 0.394. The molecule has 1 aliphatic rings. The Morgan fingerprint density at radius 2 is 2.13 bits per heavy atom. The number of anilines is 1. The van der Waals surface area contributed by atoms with Gasteiger partial charge in [-0.3, -0.25) is 0 Å². The summed E-state index contributed by atoms with van der Waals surface area (Å²) in [6.45, 7) is 0. The number of aromatic amines is 1. The SMILES string of the molecule is COC(=O)c1cc(C2=CCCCC2)ccc1NC(C#N)CCc1c[nH]c2ccccc12. The van der Waals surface area contributed by atoms with Crippen LogP contribution in [0.15, 0.2) is 54.7 Å². The summed E-state index contributed by atoms with van der Waals surface area (Å²) >= 11 is 0. The zero-order valence-corrected chi connectivity index (χ0v) is 17.8. The van der Waals surface area contributed by atoms with Crippen molar-refractivity contribution in [3.63, 3.8) is 0 Å². The van der Waals surface area contributed by atoms with E-state index in [4.69, 9.17) is 4.74 Å². The zero-order valence-electron chi connectivity index (χ0n) is 17.8. The Balaban J connectivity index is 1.52. The Labute approximate surface area is 182 Å². The lowest BCUT2D eigenvalue weighted by Crippen LogP contribution is -2.20. The number of nitriles is 1. The molecule has 2 N–H and O–H groups in total. The second-order valence-corrected chi connectivity index (χ2v) is 7.95. The van der Waals surface area contributed by atoms with Crippen LogP contribution in [0.2, 0.25) is 0 Å². The first kappa shape index (κ1) is 20.7. The van der Waals surface area contributed by atoms with Crippen LogP contribution in [0.1, 0.15) is 53.6 Å². The fourth-order valence-corrected chi connectivity index (χ4v) is 4.24. The number of aryl methyl sites for hydroxylation is 1. The quantitative estimate of drug-likeness (QED) is 0.476. The molecule has 1 atom stereocenters. The monoisotopic (exact) mass is 413 g/mol. The normalized spacial score (nSPS) is 14.5. The molecule has 158 valence electrons. The van der Waals surface area contributed by atoms with E-state index in [1.165, 1.54) is 36.5 Å². The number of nitrogens with zero attached hydrogens (tertiary/aromatic N) is 1. The summed E-state index contributed by atoms with van der Waals surface area (Å²) in [5.41, 5.74) is 5.72. The summed E-state index contributed by atoms with van der Waals surface area (Å²) in [6, 6.07) is 15.9. The molecule has 1 aromatic heterocycles. The van der Waals surface area contributed by atoms with Crippen molar-refractivity contribution in [2.24, 2.45) is 0 Å². The highest BCUT2D eigenvalue weighted by Gasteiger charge is 2.18. The third-order valence-electron chi connectivity index (χ3n) is 5.95. The average molecular weight is 414 g/mol. The van der Waals surface area contributed by atoms with Gasteiger partial charge in [-0.1, -0.05) is 30.3 Å². The topological polar surface area (TPSA) is 77.9 Å². The minimum atomic E-state index is -0.420. The number of carbonyl (C=O) groups excluding carboxylic acids is 1. The van der Waals surface area contributed by atoms with Crippen LogP contribution in [0.4, 0.5) is 5.69 Å². The number of carbonyl (C=O) groups is 1. The van der Waals surface area contributed by atoms with Crippen molar-refractivity contribution >= 4 is 28.1 Å². The van der Waals surface area contributed by atoms with Gasteiger partial charge in [-0.2, -0.15) is 5.26 Å².